The van der Waals surface area contributed by atoms with Crippen LogP contribution in [0, 0.1) is 6.92 Å². The summed E-state index contributed by atoms with van der Waals surface area (Å²) in [7, 11) is -0.773. The van der Waals surface area contributed by atoms with Crippen LogP contribution in [0.25, 0.3) is 11.5 Å². The molecular formula is C22H26N4O6S. The fraction of sp³-hybridized carbons (Fsp3) is 0.318. The van der Waals surface area contributed by atoms with Crippen molar-refractivity contribution in [3.8, 4) is 11.5 Å². The van der Waals surface area contributed by atoms with E-state index in [0.29, 0.717) is 0 Å². The van der Waals surface area contributed by atoms with Crippen molar-refractivity contribution < 1.29 is 27.1 Å². The third kappa shape index (κ3) is 6.23. The molecular weight excluding hydrogens is 448 g/mol. The summed E-state index contributed by atoms with van der Waals surface area (Å²) in [5.74, 6) is -0.225. The standard InChI is InChI=1S/C22H26N4O6S/c1-16-5-4-6-18(15-16)21-24-25-22(32-21)23-20(27)17-7-9-19(10-8-17)33(28,29)26(11-13-30-2)12-14-31-3/h4-10,15H,11-14H2,1-3H3,(H,23,25,27). The maximum Gasteiger partial charge on any atom is 0.322 e. The number of amides is 1. The van der Waals surface area contributed by atoms with Crippen molar-refractivity contribution in [2.24, 2.45) is 0 Å². The molecule has 0 saturated carbocycles. The molecule has 33 heavy (non-hydrogen) atoms. The molecule has 3 rings (SSSR count). The van der Waals surface area contributed by atoms with Crippen LogP contribution in [-0.4, -0.2) is 69.4 Å². The first-order valence-corrected chi connectivity index (χ1v) is 11.6. The molecule has 1 N–H and O–H groups in total. The topological polar surface area (TPSA) is 124 Å². The number of nitrogens with one attached hydrogen (secondary N) is 1. The van der Waals surface area contributed by atoms with Crippen LogP contribution in [0.2, 0.25) is 0 Å². The molecule has 0 bridgehead atoms. The lowest BCUT2D eigenvalue weighted by molar-refractivity contribution is 0.102. The molecule has 1 amide bonds. The highest BCUT2D eigenvalue weighted by Crippen LogP contribution is 2.21. The molecule has 3 aromatic rings. The number of methoxy groups -OCH3 is 2. The van der Waals surface area contributed by atoms with Crippen LogP contribution in [0.5, 0.6) is 0 Å². The molecule has 11 heteroatoms. The van der Waals surface area contributed by atoms with Crippen molar-refractivity contribution >= 4 is 21.9 Å². The van der Waals surface area contributed by atoms with Gasteiger partial charge in [0.05, 0.1) is 18.1 Å². The molecule has 0 atom stereocenters. The van der Waals surface area contributed by atoms with Crippen molar-refractivity contribution in [3.05, 3.63) is 59.7 Å². The first-order chi connectivity index (χ1) is 15.8. The minimum absolute atomic E-state index is 0.0569. The molecule has 0 aliphatic carbocycles. The van der Waals surface area contributed by atoms with Gasteiger partial charge in [-0.15, -0.1) is 5.10 Å². The maximum absolute atomic E-state index is 13.0. The molecule has 1 heterocycles. The van der Waals surface area contributed by atoms with Gasteiger partial charge in [0, 0.05) is 38.4 Å². The number of ether oxygens (including phenoxy) is 2. The number of hydrogen-bond acceptors (Lipinski definition) is 8. The molecule has 176 valence electrons. The van der Waals surface area contributed by atoms with E-state index in [1.54, 1.807) is 0 Å². The molecule has 0 saturated heterocycles. The van der Waals surface area contributed by atoms with Gasteiger partial charge in [0.25, 0.3) is 5.91 Å². The summed E-state index contributed by atoms with van der Waals surface area (Å²) in [5, 5.41) is 10.3. The number of anilines is 1. The van der Waals surface area contributed by atoms with Crippen LogP contribution in [0.3, 0.4) is 0 Å². The van der Waals surface area contributed by atoms with Crippen molar-refractivity contribution in [2.75, 3.05) is 45.8 Å². The van der Waals surface area contributed by atoms with Gasteiger partial charge in [-0.1, -0.05) is 22.8 Å². The van der Waals surface area contributed by atoms with Crippen molar-refractivity contribution in [1.82, 2.24) is 14.5 Å². The Bertz CT molecular complexity index is 1170. The molecule has 0 radical (unpaired) electrons. The van der Waals surface area contributed by atoms with Crippen LogP contribution in [0.4, 0.5) is 6.01 Å². The second kappa shape index (κ2) is 11.1. The molecule has 0 aliphatic rings. The third-order valence-electron chi connectivity index (χ3n) is 4.75. The highest BCUT2D eigenvalue weighted by atomic mass is 32.2. The number of aromatic nitrogens is 2. The average Bonchev–Trinajstić information content (AvgIpc) is 3.27. The van der Waals surface area contributed by atoms with E-state index < -0.39 is 15.9 Å². The number of rotatable bonds is 11. The number of carbonyl (C=O) groups excluding carboxylic acids is 1. The second-order valence-electron chi connectivity index (χ2n) is 7.15. The van der Waals surface area contributed by atoms with E-state index in [4.69, 9.17) is 13.9 Å². The van der Waals surface area contributed by atoms with Gasteiger partial charge in [0.1, 0.15) is 0 Å². The van der Waals surface area contributed by atoms with Crippen molar-refractivity contribution in [2.45, 2.75) is 11.8 Å². The quantitative estimate of drug-likeness (QED) is 0.450. The predicted octanol–water partition coefficient (Wildman–Crippen LogP) is 2.58. The van der Waals surface area contributed by atoms with Gasteiger partial charge in [-0.2, -0.15) is 4.31 Å². The summed E-state index contributed by atoms with van der Waals surface area (Å²) in [6, 6.07) is 13.1. The fourth-order valence-electron chi connectivity index (χ4n) is 3.00. The highest BCUT2D eigenvalue weighted by molar-refractivity contribution is 7.89. The Morgan fingerprint density at radius 3 is 2.30 bits per heavy atom. The van der Waals surface area contributed by atoms with Gasteiger partial charge in [0.2, 0.25) is 15.9 Å². The first kappa shape index (κ1) is 24.5. The van der Waals surface area contributed by atoms with Gasteiger partial charge < -0.3 is 13.9 Å². The largest absolute Gasteiger partial charge is 0.403 e. The maximum atomic E-state index is 13.0. The van der Waals surface area contributed by atoms with Crippen molar-refractivity contribution in [1.29, 1.82) is 0 Å². The third-order valence-corrected chi connectivity index (χ3v) is 6.67. The number of sulfonamides is 1. The molecule has 2 aromatic carbocycles. The lowest BCUT2D eigenvalue weighted by Crippen LogP contribution is -2.36. The zero-order chi connectivity index (χ0) is 23.8. The SMILES string of the molecule is COCCN(CCOC)S(=O)(=O)c1ccc(C(=O)Nc2nnc(-c3cccc(C)c3)o2)cc1. The Morgan fingerprint density at radius 1 is 1.03 bits per heavy atom. The average molecular weight is 475 g/mol. The lowest BCUT2D eigenvalue weighted by Gasteiger charge is -2.21. The number of aryl methyl sites for hydroxylation is 1. The highest BCUT2D eigenvalue weighted by Gasteiger charge is 2.24. The Morgan fingerprint density at radius 2 is 1.70 bits per heavy atom. The van der Waals surface area contributed by atoms with Gasteiger partial charge in [0.15, 0.2) is 0 Å². The number of carbonyl (C=O) groups is 1. The fourth-order valence-corrected chi connectivity index (χ4v) is 4.41. The van der Waals surface area contributed by atoms with E-state index in [1.165, 1.54) is 42.8 Å². The van der Waals surface area contributed by atoms with Crippen LogP contribution >= 0.6 is 0 Å². The summed E-state index contributed by atoms with van der Waals surface area (Å²) in [6.07, 6.45) is 0. The Balaban J connectivity index is 1.71. The van der Waals surface area contributed by atoms with Gasteiger partial charge in [-0.25, -0.2) is 8.42 Å². The molecule has 1 aromatic heterocycles. The van der Waals surface area contributed by atoms with Crippen LogP contribution in [-0.2, 0) is 19.5 Å². The number of hydrogen-bond donors (Lipinski definition) is 1. The van der Waals surface area contributed by atoms with Crippen LogP contribution in [0.15, 0.2) is 57.8 Å². The van der Waals surface area contributed by atoms with E-state index >= 15 is 0 Å². The lowest BCUT2D eigenvalue weighted by atomic mass is 10.1. The molecule has 0 spiro atoms. The normalized spacial score (nSPS) is 11.6. The monoisotopic (exact) mass is 474 g/mol. The molecule has 0 aliphatic heterocycles. The summed E-state index contributed by atoms with van der Waals surface area (Å²) >= 11 is 0. The van der Waals surface area contributed by atoms with Gasteiger partial charge in [-0.05, 0) is 43.3 Å². The van der Waals surface area contributed by atoms with E-state index in [-0.39, 0.29) is 48.7 Å². The Labute approximate surface area is 192 Å². The zero-order valence-electron chi connectivity index (χ0n) is 18.6. The van der Waals surface area contributed by atoms with Crippen LogP contribution < -0.4 is 5.32 Å². The minimum Gasteiger partial charge on any atom is -0.403 e. The summed E-state index contributed by atoms with van der Waals surface area (Å²) in [5.41, 5.74) is 2.02. The molecule has 0 unspecified atom stereocenters. The summed E-state index contributed by atoms with van der Waals surface area (Å²) in [4.78, 5) is 12.6. The minimum atomic E-state index is -3.78. The predicted molar refractivity (Wildman–Crippen MR) is 121 cm³/mol. The zero-order valence-corrected chi connectivity index (χ0v) is 19.5. The summed E-state index contributed by atoms with van der Waals surface area (Å²) in [6.45, 7) is 2.81. The van der Waals surface area contributed by atoms with Gasteiger partial charge in [-0.3, -0.25) is 10.1 Å². The van der Waals surface area contributed by atoms with Gasteiger partial charge >= 0.3 is 6.01 Å². The van der Waals surface area contributed by atoms with E-state index in [9.17, 15) is 13.2 Å². The summed E-state index contributed by atoms with van der Waals surface area (Å²) < 4.78 is 42.7. The molecule has 0 fully saturated rings. The molecule has 10 nitrogen and oxygen atoms in total. The number of benzene rings is 2. The van der Waals surface area contributed by atoms with E-state index in [0.717, 1.165) is 11.1 Å². The van der Waals surface area contributed by atoms with Crippen LogP contribution in [0.1, 0.15) is 15.9 Å². The van der Waals surface area contributed by atoms with E-state index in [1.807, 2.05) is 31.2 Å². The Hall–Kier alpha value is -3.12. The van der Waals surface area contributed by atoms with Crippen molar-refractivity contribution in [3.63, 3.8) is 0 Å². The second-order valence-corrected chi connectivity index (χ2v) is 9.09. The first-order valence-electron chi connectivity index (χ1n) is 10.1. The Kier molecular flexibility index (Phi) is 8.28. The number of nitrogens with zero attached hydrogens (tertiary/aromatic N) is 3. The van der Waals surface area contributed by atoms with E-state index in [2.05, 4.69) is 15.5 Å². The smallest absolute Gasteiger partial charge is 0.322 e.